The molecule has 7 heteroatoms. The van der Waals surface area contributed by atoms with Crippen LogP contribution in [0.5, 0.6) is 5.75 Å². The van der Waals surface area contributed by atoms with Gasteiger partial charge in [0.15, 0.2) is 0 Å². The number of carbonyl (C=O) groups is 1. The summed E-state index contributed by atoms with van der Waals surface area (Å²) in [6, 6.07) is 17.5. The number of hydrogen-bond acceptors (Lipinski definition) is 5. The number of aryl methyl sites for hydroxylation is 2. The number of benzene rings is 2. The molecule has 4 rings (SSSR count). The molecule has 6 nitrogen and oxygen atoms in total. The quantitative estimate of drug-likeness (QED) is 0.623. The van der Waals surface area contributed by atoms with E-state index in [2.05, 4.69) is 0 Å². The zero-order chi connectivity index (χ0) is 22.8. The van der Waals surface area contributed by atoms with E-state index in [1.807, 2.05) is 30.3 Å². The van der Waals surface area contributed by atoms with Gasteiger partial charge in [-0.25, -0.2) is 9.18 Å². The minimum atomic E-state index is -1.05. The Labute approximate surface area is 184 Å². The molecule has 2 N–H and O–H groups in total. The number of ether oxygens (including phenoxy) is 2. The van der Waals surface area contributed by atoms with Crippen LogP contribution in [0.3, 0.4) is 0 Å². The number of esters is 1. The highest BCUT2D eigenvalue weighted by molar-refractivity contribution is 5.92. The zero-order valence-electron chi connectivity index (χ0n) is 17.8. The van der Waals surface area contributed by atoms with Crippen molar-refractivity contribution in [3.63, 3.8) is 0 Å². The summed E-state index contributed by atoms with van der Waals surface area (Å²) < 4.78 is 27.0. The van der Waals surface area contributed by atoms with Gasteiger partial charge in [-0.2, -0.15) is 0 Å². The van der Waals surface area contributed by atoms with Crippen molar-refractivity contribution >= 4 is 5.97 Å². The van der Waals surface area contributed by atoms with Crippen LogP contribution in [0.4, 0.5) is 4.39 Å². The van der Waals surface area contributed by atoms with E-state index in [0.717, 1.165) is 5.56 Å². The molecule has 0 spiro atoms. The predicted octanol–water partition coefficient (Wildman–Crippen LogP) is 3.41. The van der Waals surface area contributed by atoms with Crippen molar-refractivity contribution in [2.45, 2.75) is 25.8 Å². The van der Waals surface area contributed by atoms with Gasteiger partial charge in [-0.1, -0.05) is 48.5 Å². The Morgan fingerprint density at radius 1 is 1.16 bits per heavy atom. The molecule has 32 heavy (non-hydrogen) atoms. The van der Waals surface area contributed by atoms with E-state index in [9.17, 15) is 14.0 Å². The number of hydrogen-bond donors (Lipinski definition) is 1. The van der Waals surface area contributed by atoms with Crippen molar-refractivity contribution in [3.05, 3.63) is 111 Å². The summed E-state index contributed by atoms with van der Waals surface area (Å²) >= 11 is 0. The minimum absolute atomic E-state index is 0.0966. The molecular formula is C25H23FN2O4. The lowest BCUT2D eigenvalue weighted by molar-refractivity contribution is -0.136. The topological polar surface area (TPSA) is 83.5 Å². The van der Waals surface area contributed by atoms with Crippen LogP contribution in [0.1, 0.15) is 28.3 Å². The van der Waals surface area contributed by atoms with Crippen LogP contribution in [-0.4, -0.2) is 17.6 Å². The Hall–Kier alpha value is -3.87. The van der Waals surface area contributed by atoms with Crippen molar-refractivity contribution in [1.29, 1.82) is 0 Å². The summed E-state index contributed by atoms with van der Waals surface area (Å²) in [5.41, 5.74) is 7.65. The van der Waals surface area contributed by atoms with Crippen molar-refractivity contribution < 1.29 is 18.7 Å². The maximum absolute atomic E-state index is 14.9. The van der Waals surface area contributed by atoms with Gasteiger partial charge in [-0.05, 0) is 25.0 Å². The molecule has 1 aliphatic heterocycles. The monoisotopic (exact) mass is 434 g/mol. The molecule has 0 saturated carbocycles. The first kappa shape index (κ1) is 21.4. The number of aromatic nitrogens is 1. The molecule has 0 amide bonds. The number of pyridine rings is 1. The van der Waals surface area contributed by atoms with E-state index in [4.69, 9.17) is 15.2 Å². The van der Waals surface area contributed by atoms with Crippen molar-refractivity contribution in [3.8, 4) is 5.75 Å². The average molecular weight is 434 g/mol. The maximum atomic E-state index is 14.9. The summed E-state index contributed by atoms with van der Waals surface area (Å²) in [7, 11) is 1.20. The van der Waals surface area contributed by atoms with Gasteiger partial charge in [-0.3, -0.25) is 4.79 Å². The third kappa shape index (κ3) is 3.77. The second-order valence-corrected chi connectivity index (χ2v) is 7.58. The molecule has 1 atom stereocenters. The fourth-order valence-electron chi connectivity index (χ4n) is 4.08. The molecule has 0 fully saturated rings. The molecule has 0 radical (unpaired) electrons. The molecule has 1 aromatic heterocycles. The molecule has 0 bridgehead atoms. The highest BCUT2D eigenvalue weighted by atomic mass is 19.1. The molecule has 1 aliphatic rings. The smallest absolute Gasteiger partial charge is 0.340 e. The zero-order valence-corrected chi connectivity index (χ0v) is 17.8. The van der Waals surface area contributed by atoms with E-state index in [1.165, 1.54) is 25.3 Å². The predicted molar refractivity (Wildman–Crippen MR) is 118 cm³/mol. The van der Waals surface area contributed by atoms with Gasteiger partial charge in [0, 0.05) is 23.9 Å². The number of halogens is 1. The average Bonchev–Trinajstić information content (AvgIpc) is 2.78. The van der Waals surface area contributed by atoms with Gasteiger partial charge in [0.25, 0.3) is 5.56 Å². The summed E-state index contributed by atoms with van der Waals surface area (Å²) in [6.07, 6.45) is 0.632. The normalized spacial score (nSPS) is 15.2. The highest BCUT2D eigenvalue weighted by Gasteiger charge is 2.39. The first-order chi connectivity index (χ1) is 15.4. The fraction of sp³-hybridized carbons (Fsp3) is 0.200. The van der Waals surface area contributed by atoms with Crippen LogP contribution >= 0.6 is 0 Å². The third-order valence-electron chi connectivity index (χ3n) is 5.66. The summed E-state index contributed by atoms with van der Waals surface area (Å²) in [6.45, 7) is 2.21. The maximum Gasteiger partial charge on any atom is 0.340 e. The van der Waals surface area contributed by atoms with Crippen LogP contribution in [0.15, 0.2) is 76.9 Å². The van der Waals surface area contributed by atoms with E-state index in [0.29, 0.717) is 18.7 Å². The Morgan fingerprint density at radius 3 is 2.53 bits per heavy atom. The molecule has 0 aliphatic carbocycles. The number of nitrogens with zero attached hydrogens (tertiary/aromatic N) is 1. The summed E-state index contributed by atoms with van der Waals surface area (Å²) in [5, 5.41) is 0. The van der Waals surface area contributed by atoms with Gasteiger partial charge >= 0.3 is 5.97 Å². The Bertz CT molecular complexity index is 1260. The summed E-state index contributed by atoms with van der Waals surface area (Å²) in [5.74, 6) is -2.39. The number of fused-ring (bicyclic) bond motifs is 1. The molecule has 1 unspecified atom stereocenters. The van der Waals surface area contributed by atoms with Gasteiger partial charge in [0.05, 0.1) is 18.6 Å². The molecule has 3 aromatic rings. The second-order valence-electron chi connectivity index (χ2n) is 7.58. The number of carbonyl (C=O) groups excluding carboxylic acids is 1. The van der Waals surface area contributed by atoms with Crippen LogP contribution in [0.2, 0.25) is 0 Å². The van der Waals surface area contributed by atoms with Crippen LogP contribution < -0.4 is 16.0 Å². The molecule has 0 saturated heterocycles. The first-order valence-electron chi connectivity index (χ1n) is 10.2. The third-order valence-corrected chi connectivity index (χ3v) is 5.66. The second kappa shape index (κ2) is 8.70. The Kier molecular flexibility index (Phi) is 5.81. The lowest BCUT2D eigenvalue weighted by Crippen LogP contribution is -2.35. The standard InChI is InChI=1S/C25H23FN2O4/c1-15-14-19-21(24(29)28(15)13-12-16-8-4-3-5-9-16)20(17-10-6-7-11-18(17)26)22(23(27)32-19)25(30)31-2/h3-11,14,20H,12-13,27H2,1-2H3. The van der Waals surface area contributed by atoms with Gasteiger partial charge in [0.2, 0.25) is 5.88 Å². The molecule has 164 valence electrons. The lowest BCUT2D eigenvalue weighted by Gasteiger charge is -2.29. The number of nitrogens with two attached hydrogens (primary N) is 1. The van der Waals surface area contributed by atoms with Gasteiger partial charge in [0.1, 0.15) is 17.1 Å². The number of methoxy groups -OCH3 is 1. The van der Waals surface area contributed by atoms with Gasteiger partial charge in [-0.15, -0.1) is 0 Å². The SMILES string of the molecule is COC(=O)C1=C(N)Oc2cc(C)n(CCc3ccccc3)c(=O)c2C1c1ccccc1F. The van der Waals surface area contributed by atoms with Crippen LogP contribution in [-0.2, 0) is 22.5 Å². The van der Waals surface area contributed by atoms with Crippen LogP contribution in [0, 0.1) is 12.7 Å². The van der Waals surface area contributed by atoms with Crippen molar-refractivity contribution in [1.82, 2.24) is 4.57 Å². The number of rotatable bonds is 5. The fourth-order valence-corrected chi connectivity index (χ4v) is 4.08. The Balaban J connectivity index is 1.88. The largest absolute Gasteiger partial charge is 0.465 e. The lowest BCUT2D eigenvalue weighted by atomic mass is 9.83. The van der Waals surface area contributed by atoms with E-state index < -0.39 is 17.7 Å². The van der Waals surface area contributed by atoms with Gasteiger partial charge < -0.3 is 19.8 Å². The van der Waals surface area contributed by atoms with Crippen LogP contribution in [0.25, 0.3) is 0 Å². The molecule has 2 heterocycles. The summed E-state index contributed by atoms with van der Waals surface area (Å²) in [4.78, 5) is 26.2. The molecule has 2 aromatic carbocycles. The van der Waals surface area contributed by atoms with E-state index >= 15 is 0 Å². The van der Waals surface area contributed by atoms with Crippen molar-refractivity contribution in [2.24, 2.45) is 5.73 Å². The highest BCUT2D eigenvalue weighted by Crippen LogP contribution is 2.42. The first-order valence-corrected chi connectivity index (χ1v) is 10.2. The van der Waals surface area contributed by atoms with E-state index in [1.54, 1.807) is 23.6 Å². The Morgan fingerprint density at radius 2 is 1.84 bits per heavy atom. The van der Waals surface area contributed by atoms with Crippen molar-refractivity contribution in [2.75, 3.05) is 7.11 Å². The minimum Gasteiger partial charge on any atom is -0.465 e. The van der Waals surface area contributed by atoms with E-state index in [-0.39, 0.29) is 33.9 Å². The molecular weight excluding hydrogens is 411 g/mol.